The van der Waals surface area contributed by atoms with Gasteiger partial charge in [0.25, 0.3) is 0 Å². The van der Waals surface area contributed by atoms with E-state index in [0.717, 1.165) is 27.1 Å². The molecule has 5 heteroatoms. The molecule has 0 saturated heterocycles. The Morgan fingerprint density at radius 2 is 1.76 bits per heavy atom. The van der Waals surface area contributed by atoms with Crippen LogP contribution in [0.25, 0.3) is 0 Å². The number of rotatable bonds is 5. The van der Waals surface area contributed by atoms with Gasteiger partial charge >= 0.3 is 0 Å². The highest BCUT2D eigenvalue weighted by atomic mass is 79.9. The van der Waals surface area contributed by atoms with E-state index >= 15 is 0 Å². The lowest BCUT2D eigenvalue weighted by Gasteiger charge is -2.16. The first-order chi connectivity index (χ1) is 10.0. The van der Waals surface area contributed by atoms with Crippen LogP contribution in [0.4, 0.5) is 0 Å². The van der Waals surface area contributed by atoms with E-state index in [1.807, 2.05) is 30.3 Å². The van der Waals surface area contributed by atoms with Crippen LogP contribution in [0.2, 0.25) is 5.02 Å². The highest BCUT2D eigenvalue weighted by molar-refractivity contribution is 9.10. The van der Waals surface area contributed by atoms with Crippen LogP contribution in [0.15, 0.2) is 40.9 Å². The standard InChI is InChI=1S/C16H17BrClNO2/c1-20-15-6-4-12(18)7-11(15)9-14(19)10-3-5-16(21-2)13(17)8-10/h3-8,14H,9,19H2,1-2H3. The van der Waals surface area contributed by atoms with Gasteiger partial charge in [-0.15, -0.1) is 0 Å². The minimum absolute atomic E-state index is 0.153. The summed E-state index contributed by atoms with van der Waals surface area (Å²) in [6.45, 7) is 0. The van der Waals surface area contributed by atoms with Gasteiger partial charge in [-0.3, -0.25) is 0 Å². The summed E-state index contributed by atoms with van der Waals surface area (Å²) in [6, 6.07) is 11.2. The van der Waals surface area contributed by atoms with Crippen molar-refractivity contribution < 1.29 is 9.47 Å². The summed E-state index contributed by atoms with van der Waals surface area (Å²) in [6.07, 6.45) is 0.641. The molecule has 0 aliphatic heterocycles. The SMILES string of the molecule is COc1ccc(C(N)Cc2cc(Cl)ccc2OC)cc1Br. The number of halogens is 2. The number of benzene rings is 2. The first-order valence-electron chi connectivity index (χ1n) is 6.46. The van der Waals surface area contributed by atoms with E-state index in [-0.39, 0.29) is 6.04 Å². The molecule has 0 amide bonds. The van der Waals surface area contributed by atoms with Gasteiger partial charge in [-0.25, -0.2) is 0 Å². The zero-order chi connectivity index (χ0) is 15.4. The third-order valence-corrected chi connectivity index (χ3v) is 4.14. The molecule has 0 aliphatic rings. The molecule has 112 valence electrons. The second-order valence-corrected chi connectivity index (χ2v) is 5.95. The van der Waals surface area contributed by atoms with Gasteiger partial charge in [-0.2, -0.15) is 0 Å². The Labute approximate surface area is 138 Å². The lowest BCUT2D eigenvalue weighted by atomic mass is 9.99. The molecule has 2 N–H and O–H groups in total. The highest BCUT2D eigenvalue weighted by Crippen LogP contribution is 2.30. The van der Waals surface area contributed by atoms with E-state index in [0.29, 0.717) is 11.4 Å². The fourth-order valence-corrected chi connectivity index (χ4v) is 2.93. The van der Waals surface area contributed by atoms with Gasteiger partial charge in [0.15, 0.2) is 0 Å². The zero-order valence-corrected chi connectivity index (χ0v) is 14.2. The van der Waals surface area contributed by atoms with Crippen LogP contribution < -0.4 is 15.2 Å². The monoisotopic (exact) mass is 369 g/mol. The van der Waals surface area contributed by atoms with Crippen LogP contribution in [0.3, 0.4) is 0 Å². The summed E-state index contributed by atoms with van der Waals surface area (Å²) in [7, 11) is 3.28. The van der Waals surface area contributed by atoms with E-state index in [2.05, 4.69) is 15.9 Å². The molecular formula is C16H17BrClNO2. The lowest BCUT2D eigenvalue weighted by Crippen LogP contribution is -2.14. The van der Waals surface area contributed by atoms with Crippen LogP contribution in [-0.2, 0) is 6.42 Å². The van der Waals surface area contributed by atoms with Gasteiger partial charge in [-0.1, -0.05) is 17.7 Å². The van der Waals surface area contributed by atoms with Gasteiger partial charge in [0.05, 0.1) is 18.7 Å². The van der Waals surface area contributed by atoms with Crippen LogP contribution >= 0.6 is 27.5 Å². The van der Waals surface area contributed by atoms with Crippen LogP contribution in [0, 0.1) is 0 Å². The Balaban J connectivity index is 2.23. The fraction of sp³-hybridized carbons (Fsp3) is 0.250. The van der Waals surface area contributed by atoms with Crippen molar-refractivity contribution in [2.75, 3.05) is 14.2 Å². The molecule has 0 radical (unpaired) electrons. The Hall–Kier alpha value is -1.23. The highest BCUT2D eigenvalue weighted by Gasteiger charge is 2.13. The third kappa shape index (κ3) is 3.90. The maximum atomic E-state index is 6.30. The van der Waals surface area contributed by atoms with Crippen LogP contribution in [0.5, 0.6) is 11.5 Å². The molecule has 0 saturated carbocycles. The topological polar surface area (TPSA) is 44.5 Å². The number of hydrogen-bond donors (Lipinski definition) is 1. The first kappa shape index (κ1) is 16.1. The quantitative estimate of drug-likeness (QED) is 0.850. The summed E-state index contributed by atoms with van der Waals surface area (Å²) in [5.74, 6) is 1.58. The average molecular weight is 371 g/mol. The van der Waals surface area contributed by atoms with Crippen LogP contribution in [-0.4, -0.2) is 14.2 Å². The number of hydrogen-bond acceptors (Lipinski definition) is 3. The third-order valence-electron chi connectivity index (χ3n) is 3.29. The molecule has 1 atom stereocenters. The molecule has 21 heavy (non-hydrogen) atoms. The van der Waals surface area contributed by atoms with E-state index in [1.54, 1.807) is 20.3 Å². The summed E-state index contributed by atoms with van der Waals surface area (Å²) in [5, 5.41) is 0.675. The van der Waals surface area contributed by atoms with Crippen molar-refractivity contribution in [3.8, 4) is 11.5 Å². The molecule has 2 aromatic rings. The second kappa shape index (κ2) is 7.16. The van der Waals surface area contributed by atoms with Crippen LogP contribution in [0.1, 0.15) is 17.2 Å². The van der Waals surface area contributed by atoms with Crippen molar-refractivity contribution >= 4 is 27.5 Å². The molecule has 1 unspecified atom stereocenters. The largest absolute Gasteiger partial charge is 0.496 e. The zero-order valence-electron chi connectivity index (χ0n) is 11.9. The predicted molar refractivity (Wildman–Crippen MR) is 89.3 cm³/mol. The molecule has 2 aromatic carbocycles. The molecule has 0 bridgehead atoms. The molecule has 0 aliphatic carbocycles. The van der Waals surface area contributed by atoms with Crippen molar-refractivity contribution in [3.05, 3.63) is 57.0 Å². The number of ether oxygens (including phenoxy) is 2. The predicted octanol–water partition coefficient (Wildman–Crippen LogP) is 4.36. The smallest absolute Gasteiger partial charge is 0.133 e. The van der Waals surface area contributed by atoms with Gasteiger partial charge in [0, 0.05) is 11.1 Å². The second-order valence-electron chi connectivity index (χ2n) is 4.66. The fourth-order valence-electron chi connectivity index (χ4n) is 2.17. The Bertz CT molecular complexity index is 634. The van der Waals surface area contributed by atoms with Gasteiger partial charge in [0.1, 0.15) is 11.5 Å². The van der Waals surface area contributed by atoms with Gasteiger partial charge in [-0.05, 0) is 63.8 Å². The number of methoxy groups -OCH3 is 2. The first-order valence-corrected chi connectivity index (χ1v) is 7.63. The van der Waals surface area contributed by atoms with E-state index in [1.165, 1.54) is 0 Å². The summed E-state index contributed by atoms with van der Waals surface area (Å²) < 4.78 is 11.5. The molecule has 2 rings (SSSR count). The van der Waals surface area contributed by atoms with Crippen molar-refractivity contribution in [1.82, 2.24) is 0 Å². The Morgan fingerprint density at radius 1 is 1.10 bits per heavy atom. The molecule has 0 fully saturated rings. The Morgan fingerprint density at radius 3 is 2.38 bits per heavy atom. The van der Waals surface area contributed by atoms with Crippen molar-refractivity contribution in [2.45, 2.75) is 12.5 Å². The van der Waals surface area contributed by atoms with E-state index in [4.69, 9.17) is 26.8 Å². The lowest BCUT2D eigenvalue weighted by molar-refractivity contribution is 0.407. The summed E-state index contributed by atoms with van der Waals surface area (Å²) >= 11 is 9.52. The number of nitrogens with two attached hydrogens (primary N) is 1. The maximum absolute atomic E-state index is 6.30. The van der Waals surface area contributed by atoms with Crippen molar-refractivity contribution in [1.29, 1.82) is 0 Å². The minimum Gasteiger partial charge on any atom is -0.496 e. The molecule has 0 aromatic heterocycles. The summed E-state index contributed by atoms with van der Waals surface area (Å²) in [5.41, 5.74) is 8.31. The molecular weight excluding hydrogens is 354 g/mol. The molecule has 3 nitrogen and oxygen atoms in total. The summed E-state index contributed by atoms with van der Waals surface area (Å²) in [4.78, 5) is 0. The average Bonchev–Trinajstić information content (AvgIpc) is 2.47. The van der Waals surface area contributed by atoms with Crippen molar-refractivity contribution in [2.24, 2.45) is 5.73 Å². The molecule has 0 spiro atoms. The van der Waals surface area contributed by atoms with E-state index < -0.39 is 0 Å². The minimum atomic E-state index is -0.153. The maximum Gasteiger partial charge on any atom is 0.133 e. The van der Waals surface area contributed by atoms with Gasteiger partial charge < -0.3 is 15.2 Å². The van der Waals surface area contributed by atoms with E-state index in [9.17, 15) is 0 Å². The normalized spacial score (nSPS) is 12.0. The Kier molecular flexibility index (Phi) is 5.51. The molecule has 0 heterocycles. The van der Waals surface area contributed by atoms with Gasteiger partial charge in [0.2, 0.25) is 0 Å². The van der Waals surface area contributed by atoms with Crippen molar-refractivity contribution in [3.63, 3.8) is 0 Å².